The fourth-order valence-corrected chi connectivity index (χ4v) is 6.88. The predicted octanol–water partition coefficient (Wildman–Crippen LogP) is 3.67. The van der Waals surface area contributed by atoms with E-state index in [0.29, 0.717) is 28.2 Å². The van der Waals surface area contributed by atoms with E-state index >= 15 is 0 Å². The number of anilines is 2. The first-order chi connectivity index (χ1) is 18.8. The Balaban J connectivity index is 1.30. The largest absolute Gasteiger partial charge is 0.395 e. The smallest absolute Gasteiger partial charge is 0.234 e. The van der Waals surface area contributed by atoms with Gasteiger partial charge in [0.05, 0.1) is 53.1 Å². The van der Waals surface area contributed by atoms with E-state index in [1.165, 1.54) is 12.8 Å². The molecular formula is C28H36N6O4S. The summed E-state index contributed by atoms with van der Waals surface area (Å²) in [6, 6.07) is 11.0. The number of benzene rings is 1. The molecule has 208 valence electrons. The maximum Gasteiger partial charge on any atom is 0.234 e. The Bertz CT molecular complexity index is 1420. The van der Waals surface area contributed by atoms with Gasteiger partial charge in [-0.25, -0.2) is 18.1 Å². The van der Waals surface area contributed by atoms with Gasteiger partial charge in [0.2, 0.25) is 10.0 Å². The van der Waals surface area contributed by atoms with Crippen LogP contribution >= 0.6 is 0 Å². The number of sulfonamides is 1. The number of hydrogen-bond acceptors (Lipinski definition) is 8. The normalized spacial score (nSPS) is 19.9. The summed E-state index contributed by atoms with van der Waals surface area (Å²) in [4.78, 5) is 7.02. The quantitative estimate of drug-likeness (QED) is 0.366. The number of aliphatic hydroxyl groups excluding tert-OH is 2. The molecule has 2 aliphatic carbocycles. The van der Waals surface area contributed by atoms with Crippen LogP contribution in [0.25, 0.3) is 17.1 Å². The molecule has 0 bridgehead atoms. The molecule has 11 heteroatoms. The molecule has 3 N–H and O–H groups in total. The Morgan fingerprint density at radius 3 is 2.51 bits per heavy atom. The van der Waals surface area contributed by atoms with Crippen molar-refractivity contribution >= 4 is 21.4 Å². The Morgan fingerprint density at radius 1 is 1.03 bits per heavy atom. The van der Waals surface area contributed by atoms with Gasteiger partial charge in [-0.3, -0.25) is 4.72 Å². The number of piperidine rings is 1. The maximum absolute atomic E-state index is 12.3. The fraction of sp³-hybridized carbons (Fsp3) is 0.536. The van der Waals surface area contributed by atoms with Gasteiger partial charge in [0.25, 0.3) is 0 Å². The summed E-state index contributed by atoms with van der Waals surface area (Å²) in [7, 11) is -3.65. The third-order valence-corrected chi connectivity index (χ3v) is 9.92. The molecule has 2 aromatic heterocycles. The Hall–Kier alpha value is -3.02. The van der Waals surface area contributed by atoms with Crippen LogP contribution in [0.15, 0.2) is 42.6 Å². The van der Waals surface area contributed by atoms with Gasteiger partial charge in [-0.15, -0.1) is 5.10 Å². The molecule has 1 atom stereocenters. The number of aromatic nitrogens is 4. The summed E-state index contributed by atoms with van der Waals surface area (Å²) < 4.78 is 28.9. The van der Waals surface area contributed by atoms with Crippen molar-refractivity contribution in [3.8, 4) is 17.1 Å². The highest BCUT2D eigenvalue weighted by Crippen LogP contribution is 2.54. The maximum atomic E-state index is 12.3. The molecule has 3 fully saturated rings. The van der Waals surface area contributed by atoms with E-state index in [1.807, 2.05) is 36.5 Å². The van der Waals surface area contributed by atoms with E-state index in [2.05, 4.69) is 19.9 Å². The van der Waals surface area contributed by atoms with E-state index in [-0.39, 0.29) is 11.7 Å². The van der Waals surface area contributed by atoms with Gasteiger partial charge in [-0.2, -0.15) is 0 Å². The summed E-state index contributed by atoms with van der Waals surface area (Å²) in [5, 5.41) is 28.8. The molecule has 1 unspecified atom stereocenters. The van der Waals surface area contributed by atoms with Gasteiger partial charge in [-0.1, -0.05) is 24.1 Å². The summed E-state index contributed by atoms with van der Waals surface area (Å²) in [6.45, 7) is 1.34. The minimum atomic E-state index is -3.65. The van der Waals surface area contributed by atoms with Crippen molar-refractivity contribution in [2.45, 2.75) is 57.5 Å². The van der Waals surface area contributed by atoms with Gasteiger partial charge in [0.1, 0.15) is 5.69 Å². The Kier molecular flexibility index (Phi) is 7.07. The highest BCUT2D eigenvalue weighted by atomic mass is 32.2. The Morgan fingerprint density at radius 2 is 1.79 bits per heavy atom. The number of aliphatic hydroxyl groups is 2. The standard InChI is InChI=1S/C28H36N6O4S/c35-16-17-39(37,38)31-21-8-9-25(26(18-21)33-14-12-28(10-11-28)13-15-33)34-19-24(30-32-34)22-6-3-7-23(29-22)27(36)20-4-1-2-5-20/h3,6-9,18-20,27,31,35-36H,1-2,4-5,10-17H2. The first kappa shape index (κ1) is 26.2. The minimum Gasteiger partial charge on any atom is -0.395 e. The first-order valence-corrected chi connectivity index (χ1v) is 15.6. The number of nitrogens with zero attached hydrogens (tertiary/aromatic N) is 5. The third-order valence-electron chi connectivity index (χ3n) is 8.65. The fourth-order valence-electron chi connectivity index (χ4n) is 6.06. The molecule has 1 saturated heterocycles. The second-order valence-electron chi connectivity index (χ2n) is 11.3. The SMILES string of the molecule is O=S(=O)(CCO)Nc1ccc(-n2cc(-c3cccc(C(O)C4CCCC4)n3)nn2)c(N2CCC3(CC2)CC3)c1. The second-order valence-corrected chi connectivity index (χ2v) is 13.2. The lowest BCUT2D eigenvalue weighted by Gasteiger charge is -2.35. The second kappa shape index (κ2) is 10.5. The summed E-state index contributed by atoms with van der Waals surface area (Å²) in [5.74, 6) is -0.108. The molecule has 3 heterocycles. The topological polar surface area (TPSA) is 133 Å². The van der Waals surface area contributed by atoms with E-state index in [4.69, 9.17) is 10.1 Å². The van der Waals surface area contributed by atoms with Gasteiger partial charge < -0.3 is 15.1 Å². The molecule has 1 aliphatic heterocycles. The van der Waals surface area contributed by atoms with Gasteiger partial charge in [0.15, 0.2) is 0 Å². The third kappa shape index (κ3) is 5.66. The molecule has 6 rings (SSSR count). The molecule has 1 aromatic carbocycles. The van der Waals surface area contributed by atoms with E-state index < -0.39 is 22.7 Å². The average Bonchev–Trinajstić information content (AvgIpc) is 3.32. The van der Waals surface area contributed by atoms with Crippen molar-refractivity contribution in [1.82, 2.24) is 20.0 Å². The highest BCUT2D eigenvalue weighted by molar-refractivity contribution is 7.92. The van der Waals surface area contributed by atoms with E-state index in [0.717, 1.165) is 63.0 Å². The van der Waals surface area contributed by atoms with Crippen LogP contribution in [0.2, 0.25) is 0 Å². The van der Waals surface area contributed by atoms with Crippen LogP contribution in [0.3, 0.4) is 0 Å². The summed E-state index contributed by atoms with van der Waals surface area (Å²) in [6.07, 6.45) is 10.4. The number of pyridine rings is 1. The van der Waals surface area contributed by atoms with Crippen molar-refractivity contribution in [3.63, 3.8) is 0 Å². The summed E-state index contributed by atoms with van der Waals surface area (Å²) in [5.41, 5.74) is 4.54. The zero-order chi connectivity index (χ0) is 27.0. The summed E-state index contributed by atoms with van der Waals surface area (Å²) >= 11 is 0. The van der Waals surface area contributed by atoms with E-state index in [1.54, 1.807) is 10.7 Å². The number of nitrogens with one attached hydrogen (secondary N) is 1. The number of rotatable bonds is 9. The lowest BCUT2D eigenvalue weighted by atomic mass is 9.93. The van der Waals surface area contributed by atoms with Crippen molar-refractivity contribution in [3.05, 3.63) is 48.3 Å². The molecule has 1 spiro atoms. The van der Waals surface area contributed by atoms with Crippen molar-refractivity contribution in [1.29, 1.82) is 0 Å². The first-order valence-electron chi connectivity index (χ1n) is 13.9. The van der Waals surface area contributed by atoms with Crippen LogP contribution in [-0.4, -0.2) is 64.1 Å². The zero-order valence-electron chi connectivity index (χ0n) is 22.0. The molecule has 3 aromatic rings. The van der Waals surface area contributed by atoms with Crippen molar-refractivity contribution in [2.75, 3.05) is 35.1 Å². The zero-order valence-corrected chi connectivity index (χ0v) is 22.9. The molecule has 3 aliphatic rings. The highest BCUT2D eigenvalue weighted by Gasteiger charge is 2.44. The van der Waals surface area contributed by atoms with Gasteiger partial charge >= 0.3 is 0 Å². The molecule has 10 nitrogen and oxygen atoms in total. The molecule has 2 saturated carbocycles. The van der Waals surface area contributed by atoms with Crippen molar-refractivity contribution in [2.24, 2.45) is 11.3 Å². The average molecular weight is 553 g/mol. The van der Waals surface area contributed by atoms with Crippen LogP contribution in [0.4, 0.5) is 11.4 Å². The van der Waals surface area contributed by atoms with Crippen LogP contribution in [-0.2, 0) is 10.0 Å². The number of hydrogen-bond donors (Lipinski definition) is 3. The van der Waals surface area contributed by atoms with Crippen molar-refractivity contribution < 1.29 is 18.6 Å². The lowest BCUT2D eigenvalue weighted by Crippen LogP contribution is -2.35. The predicted molar refractivity (Wildman–Crippen MR) is 149 cm³/mol. The molecule has 39 heavy (non-hydrogen) atoms. The molecule has 0 radical (unpaired) electrons. The van der Waals surface area contributed by atoms with Crippen LogP contribution in [0, 0.1) is 11.3 Å². The lowest BCUT2D eigenvalue weighted by molar-refractivity contribution is 0.107. The van der Waals surface area contributed by atoms with Gasteiger partial charge in [-0.05, 0) is 80.2 Å². The molecule has 0 amide bonds. The van der Waals surface area contributed by atoms with Crippen LogP contribution < -0.4 is 9.62 Å². The van der Waals surface area contributed by atoms with E-state index in [9.17, 15) is 13.5 Å². The Labute approximate surface area is 229 Å². The van der Waals surface area contributed by atoms with Crippen LogP contribution in [0.5, 0.6) is 0 Å². The van der Waals surface area contributed by atoms with Gasteiger partial charge in [0, 0.05) is 13.1 Å². The molecular weight excluding hydrogens is 516 g/mol. The monoisotopic (exact) mass is 552 g/mol. The van der Waals surface area contributed by atoms with Crippen LogP contribution in [0.1, 0.15) is 63.2 Å². The minimum absolute atomic E-state index is 0.249.